The van der Waals surface area contributed by atoms with Crippen LogP contribution >= 0.6 is 0 Å². The van der Waals surface area contributed by atoms with Gasteiger partial charge < -0.3 is 15.5 Å². The molecule has 1 saturated heterocycles. The summed E-state index contributed by atoms with van der Waals surface area (Å²) in [6.45, 7) is 7.50. The third-order valence-corrected chi connectivity index (χ3v) is 5.36. The van der Waals surface area contributed by atoms with E-state index in [-0.39, 0.29) is 28.5 Å². The maximum absolute atomic E-state index is 13.8. The van der Waals surface area contributed by atoms with E-state index in [1.54, 1.807) is 0 Å². The van der Waals surface area contributed by atoms with Gasteiger partial charge in [0, 0.05) is 25.3 Å². The molecular formula is C19H26FN3O2. The van der Waals surface area contributed by atoms with Crippen LogP contribution in [0.5, 0.6) is 0 Å². The molecule has 2 bridgehead atoms. The monoisotopic (exact) mass is 347 g/mol. The van der Waals surface area contributed by atoms with Crippen molar-refractivity contribution < 1.29 is 14.0 Å². The molecule has 1 aliphatic heterocycles. The lowest BCUT2D eigenvalue weighted by Gasteiger charge is -2.39. The lowest BCUT2D eigenvalue weighted by atomic mass is 9.65. The predicted octanol–water partition coefficient (Wildman–Crippen LogP) is 3.62. The quantitative estimate of drug-likeness (QED) is 0.858. The zero-order valence-electron chi connectivity index (χ0n) is 15.3. The fraction of sp³-hybridized carbons (Fsp3) is 0.579. The minimum atomic E-state index is -0.608. The summed E-state index contributed by atoms with van der Waals surface area (Å²) in [5, 5.41) is 5.23. The minimum Gasteiger partial charge on any atom is -0.355 e. The molecule has 0 unspecified atom stereocenters. The van der Waals surface area contributed by atoms with Crippen LogP contribution in [-0.2, 0) is 0 Å². The Morgan fingerprint density at radius 2 is 1.96 bits per heavy atom. The van der Waals surface area contributed by atoms with Gasteiger partial charge in [-0.3, -0.25) is 4.79 Å². The first kappa shape index (κ1) is 17.7. The summed E-state index contributed by atoms with van der Waals surface area (Å²) in [7, 11) is 1.44. The molecule has 136 valence electrons. The molecule has 2 N–H and O–H groups in total. The van der Waals surface area contributed by atoms with Crippen molar-refractivity contribution in [1.82, 2.24) is 10.2 Å². The van der Waals surface area contributed by atoms with Gasteiger partial charge in [-0.05, 0) is 48.3 Å². The minimum absolute atomic E-state index is 0.0754. The van der Waals surface area contributed by atoms with Crippen molar-refractivity contribution in [2.75, 3.05) is 18.9 Å². The highest BCUT2D eigenvalue weighted by Gasteiger charge is 2.51. The summed E-state index contributed by atoms with van der Waals surface area (Å²) in [6.07, 6.45) is 3.12. The molecular weight excluding hydrogens is 321 g/mol. The van der Waals surface area contributed by atoms with E-state index in [1.165, 1.54) is 25.2 Å². The fourth-order valence-electron chi connectivity index (χ4n) is 4.80. The molecule has 3 rings (SSSR count). The highest BCUT2D eigenvalue weighted by molar-refractivity contribution is 5.97. The standard InChI is InChI=1S/C19H26FN3O2/c1-18(2)8-13-9-19(3,10-18)11-23(13)17(25)22-12-5-6-15(20)14(7-12)16(24)21-4/h5-7,13H,8-11H2,1-4H3,(H,21,24)(H,22,25)/t13-,19-/m1/s1. The third-order valence-electron chi connectivity index (χ3n) is 5.36. The summed E-state index contributed by atoms with van der Waals surface area (Å²) in [5.41, 5.74) is 0.735. The van der Waals surface area contributed by atoms with Crippen molar-refractivity contribution >= 4 is 17.6 Å². The van der Waals surface area contributed by atoms with Crippen LogP contribution in [0.2, 0.25) is 0 Å². The highest BCUT2D eigenvalue weighted by atomic mass is 19.1. The molecule has 2 fully saturated rings. The number of nitrogens with zero attached hydrogens (tertiary/aromatic N) is 1. The van der Waals surface area contributed by atoms with E-state index >= 15 is 0 Å². The second-order valence-corrected chi connectivity index (χ2v) is 8.55. The Morgan fingerprint density at radius 1 is 1.24 bits per heavy atom. The number of hydrogen-bond acceptors (Lipinski definition) is 2. The fourth-order valence-corrected chi connectivity index (χ4v) is 4.80. The van der Waals surface area contributed by atoms with Crippen LogP contribution < -0.4 is 10.6 Å². The number of hydrogen-bond donors (Lipinski definition) is 2. The predicted molar refractivity (Wildman–Crippen MR) is 95.0 cm³/mol. The molecule has 1 heterocycles. The number of anilines is 1. The first-order valence-corrected chi connectivity index (χ1v) is 8.72. The molecule has 0 aromatic heterocycles. The van der Waals surface area contributed by atoms with Crippen molar-refractivity contribution in [3.8, 4) is 0 Å². The second kappa shape index (κ2) is 6.00. The molecule has 2 atom stereocenters. The number of halogens is 1. The summed E-state index contributed by atoms with van der Waals surface area (Å²) in [5.74, 6) is -1.12. The van der Waals surface area contributed by atoms with Gasteiger partial charge >= 0.3 is 6.03 Å². The van der Waals surface area contributed by atoms with Gasteiger partial charge in [0.05, 0.1) is 5.56 Å². The topological polar surface area (TPSA) is 61.4 Å². The van der Waals surface area contributed by atoms with Crippen molar-refractivity contribution in [3.05, 3.63) is 29.6 Å². The SMILES string of the molecule is CNC(=O)c1cc(NC(=O)N2C[C@]3(C)C[C@H]2CC(C)(C)C3)ccc1F. The number of fused-ring (bicyclic) bond motifs is 2. The van der Waals surface area contributed by atoms with Gasteiger partial charge in [0.2, 0.25) is 0 Å². The number of carbonyl (C=O) groups excluding carboxylic acids is 2. The lowest BCUT2D eigenvalue weighted by molar-refractivity contribution is 0.0959. The van der Waals surface area contributed by atoms with Crippen molar-refractivity contribution in [2.45, 2.75) is 46.1 Å². The molecule has 1 aliphatic carbocycles. The number of amides is 3. The van der Waals surface area contributed by atoms with Crippen molar-refractivity contribution in [1.29, 1.82) is 0 Å². The summed E-state index contributed by atoms with van der Waals surface area (Å²) < 4.78 is 13.8. The zero-order chi connectivity index (χ0) is 18.4. The van der Waals surface area contributed by atoms with Crippen molar-refractivity contribution in [2.24, 2.45) is 10.8 Å². The van der Waals surface area contributed by atoms with Crippen LogP contribution in [-0.4, -0.2) is 36.5 Å². The number of rotatable bonds is 2. The van der Waals surface area contributed by atoms with Gasteiger partial charge in [0.15, 0.2) is 0 Å². The Balaban J connectivity index is 1.76. The number of nitrogens with one attached hydrogen (secondary N) is 2. The summed E-state index contributed by atoms with van der Waals surface area (Å²) >= 11 is 0. The Bertz CT molecular complexity index is 719. The molecule has 0 radical (unpaired) electrons. The van der Waals surface area contributed by atoms with Gasteiger partial charge in [0.25, 0.3) is 5.91 Å². The van der Waals surface area contributed by atoms with Crippen LogP contribution in [0.25, 0.3) is 0 Å². The molecule has 1 aromatic carbocycles. The highest BCUT2D eigenvalue weighted by Crippen LogP contribution is 2.52. The van der Waals surface area contributed by atoms with E-state index in [9.17, 15) is 14.0 Å². The molecule has 3 amide bonds. The van der Waals surface area contributed by atoms with Crippen LogP contribution in [0.15, 0.2) is 18.2 Å². The maximum atomic E-state index is 13.8. The van der Waals surface area contributed by atoms with Crippen LogP contribution in [0.1, 0.15) is 50.4 Å². The molecule has 2 aliphatic rings. The Hall–Kier alpha value is -2.11. The normalized spacial score (nSPS) is 27.1. The first-order valence-electron chi connectivity index (χ1n) is 8.72. The van der Waals surface area contributed by atoms with Gasteiger partial charge in [-0.2, -0.15) is 0 Å². The molecule has 25 heavy (non-hydrogen) atoms. The van der Waals surface area contributed by atoms with Crippen LogP contribution in [0, 0.1) is 16.6 Å². The molecule has 6 heteroatoms. The van der Waals surface area contributed by atoms with Gasteiger partial charge in [-0.1, -0.05) is 20.8 Å². The number of carbonyl (C=O) groups is 2. The Kier molecular flexibility index (Phi) is 4.25. The Morgan fingerprint density at radius 3 is 2.64 bits per heavy atom. The van der Waals surface area contributed by atoms with E-state index in [0.717, 1.165) is 25.8 Å². The third kappa shape index (κ3) is 3.48. The van der Waals surface area contributed by atoms with Crippen LogP contribution in [0.4, 0.5) is 14.9 Å². The number of likely N-dealkylation sites (tertiary alicyclic amines) is 1. The van der Waals surface area contributed by atoms with Crippen molar-refractivity contribution in [3.63, 3.8) is 0 Å². The molecule has 0 spiro atoms. The second-order valence-electron chi connectivity index (χ2n) is 8.55. The van der Waals surface area contributed by atoms with E-state index in [2.05, 4.69) is 31.4 Å². The van der Waals surface area contributed by atoms with Crippen LogP contribution in [0.3, 0.4) is 0 Å². The summed E-state index contributed by atoms with van der Waals surface area (Å²) in [4.78, 5) is 26.4. The van der Waals surface area contributed by atoms with E-state index in [4.69, 9.17) is 0 Å². The van der Waals surface area contributed by atoms with Gasteiger partial charge in [0.1, 0.15) is 5.82 Å². The lowest BCUT2D eigenvalue weighted by Crippen LogP contribution is -2.40. The van der Waals surface area contributed by atoms with Gasteiger partial charge in [-0.25, -0.2) is 9.18 Å². The molecule has 5 nitrogen and oxygen atoms in total. The summed E-state index contributed by atoms with van der Waals surface area (Å²) in [6, 6.07) is 4.11. The first-order chi connectivity index (χ1) is 11.6. The van der Waals surface area contributed by atoms with Gasteiger partial charge in [-0.15, -0.1) is 0 Å². The van der Waals surface area contributed by atoms with E-state index in [1.807, 2.05) is 4.90 Å². The van der Waals surface area contributed by atoms with E-state index < -0.39 is 11.7 Å². The number of benzene rings is 1. The largest absolute Gasteiger partial charge is 0.355 e. The molecule has 1 saturated carbocycles. The maximum Gasteiger partial charge on any atom is 0.322 e. The average Bonchev–Trinajstić information content (AvgIpc) is 2.77. The number of urea groups is 1. The Labute approximate surface area is 148 Å². The average molecular weight is 347 g/mol. The molecule has 1 aromatic rings. The van der Waals surface area contributed by atoms with E-state index in [0.29, 0.717) is 5.69 Å². The zero-order valence-corrected chi connectivity index (χ0v) is 15.3. The smallest absolute Gasteiger partial charge is 0.322 e.